The van der Waals surface area contributed by atoms with Gasteiger partial charge in [0.25, 0.3) is 0 Å². The molecule has 1 fully saturated rings. The van der Waals surface area contributed by atoms with Crippen molar-refractivity contribution in [1.82, 2.24) is 5.32 Å². The van der Waals surface area contributed by atoms with Crippen LogP contribution in [0.5, 0.6) is 0 Å². The molecule has 0 heterocycles. The van der Waals surface area contributed by atoms with Crippen LogP contribution in [0.4, 0.5) is 8.78 Å². The zero-order valence-corrected chi connectivity index (χ0v) is 9.37. The van der Waals surface area contributed by atoms with Gasteiger partial charge in [-0.05, 0) is 46.1 Å². The van der Waals surface area contributed by atoms with Crippen LogP contribution < -0.4 is 5.32 Å². The normalized spacial score (nSPS) is 23.8. The van der Waals surface area contributed by atoms with Crippen molar-refractivity contribution < 1.29 is 8.78 Å². The fourth-order valence-corrected chi connectivity index (χ4v) is 2.13. The molecule has 0 saturated heterocycles. The molecule has 0 aromatic rings. The SMILES string of the molecule is CNC(C)(C)CC1CCC(F)(F)CC1. The van der Waals surface area contributed by atoms with E-state index in [1.54, 1.807) is 0 Å². The Kier molecular flexibility index (Phi) is 3.51. The van der Waals surface area contributed by atoms with E-state index in [2.05, 4.69) is 19.2 Å². The summed E-state index contributed by atoms with van der Waals surface area (Å²) < 4.78 is 25.8. The van der Waals surface area contributed by atoms with Crippen LogP contribution in [0.1, 0.15) is 46.0 Å². The third kappa shape index (κ3) is 3.52. The number of halogens is 2. The van der Waals surface area contributed by atoms with Crippen molar-refractivity contribution in [3.8, 4) is 0 Å². The van der Waals surface area contributed by atoms with Gasteiger partial charge in [0.2, 0.25) is 5.92 Å². The Labute approximate surface area is 85.3 Å². The molecule has 0 atom stereocenters. The number of hydrogen-bond donors (Lipinski definition) is 1. The van der Waals surface area contributed by atoms with Gasteiger partial charge in [-0.3, -0.25) is 0 Å². The standard InChI is InChI=1S/C11H21F2N/c1-10(2,14-3)8-9-4-6-11(12,13)7-5-9/h9,14H,4-8H2,1-3H3. The minimum Gasteiger partial charge on any atom is -0.315 e. The molecule has 0 amide bonds. The second-order valence-electron chi connectivity index (χ2n) is 5.14. The molecular weight excluding hydrogens is 184 g/mol. The Hall–Kier alpha value is -0.180. The van der Waals surface area contributed by atoms with Crippen LogP contribution in [-0.2, 0) is 0 Å². The third-order valence-electron chi connectivity index (χ3n) is 3.31. The van der Waals surface area contributed by atoms with E-state index in [0.717, 1.165) is 6.42 Å². The van der Waals surface area contributed by atoms with E-state index in [9.17, 15) is 8.78 Å². The molecule has 0 spiro atoms. The van der Waals surface area contributed by atoms with Gasteiger partial charge in [0.05, 0.1) is 0 Å². The second kappa shape index (κ2) is 4.13. The van der Waals surface area contributed by atoms with Crippen LogP contribution in [0.15, 0.2) is 0 Å². The first-order valence-electron chi connectivity index (χ1n) is 5.41. The van der Waals surface area contributed by atoms with Gasteiger partial charge < -0.3 is 5.32 Å². The van der Waals surface area contributed by atoms with Crippen molar-refractivity contribution in [2.45, 2.75) is 57.4 Å². The molecule has 1 aliphatic rings. The van der Waals surface area contributed by atoms with Crippen LogP contribution in [0.2, 0.25) is 0 Å². The maximum Gasteiger partial charge on any atom is 0.248 e. The van der Waals surface area contributed by atoms with Crippen LogP contribution in [0, 0.1) is 5.92 Å². The van der Waals surface area contributed by atoms with E-state index >= 15 is 0 Å². The van der Waals surface area contributed by atoms with Gasteiger partial charge >= 0.3 is 0 Å². The van der Waals surface area contributed by atoms with Gasteiger partial charge in [-0.25, -0.2) is 8.78 Å². The highest BCUT2D eigenvalue weighted by atomic mass is 19.3. The fraction of sp³-hybridized carbons (Fsp3) is 1.00. The molecule has 0 radical (unpaired) electrons. The van der Waals surface area contributed by atoms with Gasteiger partial charge in [0.15, 0.2) is 0 Å². The third-order valence-corrected chi connectivity index (χ3v) is 3.31. The van der Waals surface area contributed by atoms with Crippen LogP contribution in [0.25, 0.3) is 0 Å². The van der Waals surface area contributed by atoms with Crippen LogP contribution in [0.3, 0.4) is 0 Å². The van der Waals surface area contributed by atoms with E-state index in [4.69, 9.17) is 0 Å². The number of hydrogen-bond acceptors (Lipinski definition) is 1. The van der Waals surface area contributed by atoms with E-state index in [1.165, 1.54) is 0 Å². The highest BCUT2D eigenvalue weighted by Gasteiger charge is 2.36. The Bertz CT molecular complexity index is 180. The lowest BCUT2D eigenvalue weighted by Gasteiger charge is -2.34. The maximum absolute atomic E-state index is 12.9. The lowest BCUT2D eigenvalue weighted by Crippen LogP contribution is -2.39. The number of rotatable bonds is 3. The molecule has 1 nitrogen and oxygen atoms in total. The highest BCUT2D eigenvalue weighted by molar-refractivity contribution is 4.84. The van der Waals surface area contributed by atoms with Gasteiger partial charge in [-0.15, -0.1) is 0 Å². The molecule has 84 valence electrons. The van der Waals surface area contributed by atoms with Crippen molar-refractivity contribution >= 4 is 0 Å². The van der Waals surface area contributed by atoms with Crippen molar-refractivity contribution in [2.75, 3.05) is 7.05 Å². The quantitative estimate of drug-likeness (QED) is 0.746. The van der Waals surface area contributed by atoms with E-state index < -0.39 is 5.92 Å². The molecule has 0 aliphatic heterocycles. The summed E-state index contributed by atoms with van der Waals surface area (Å²) in [5.41, 5.74) is 0.0806. The van der Waals surface area contributed by atoms with E-state index in [-0.39, 0.29) is 18.4 Å². The fourth-order valence-electron chi connectivity index (χ4n) is 2.13. The molecule has 1 N–H and O–H groups in total. The molecular formula is C11H21F2N. The first-order chi connectivity index (χ1) is 6.35. The summed E-state index contributed by atoms with van der Waals surface area (Å²) in [7, 11) is 1.93. The molecule has 1 aliphatic carbocycles. The van der Waals surface area contributed by atoms with Crippen molar-refractivity contribution in [3.05, 3.63) is 0 Å². The van der Waals surface area contributed by atoms with Crippen molar-refractivity contribution in [3.63, 3.8) is 0 Å². The summed E-state index contributed by atoms with van der Waals surface area (Å²) in [5.74, 6) is -1.92. The largest absolute Gasteiger partial charge is 0.315 e. The molecule has 0 aromatic heterocycles. The zero-order valence-electron chi connectivity index (χ0n) is 9.37. The number of nitrogens with one attached hydrogen (secondary N) is 1. The maximum atomic E-state index is 12.9. The first kappa shape index (κ1) is 11.9. The van der Waals surface area contributed by atoms with E-state index in [1.807, 2.05) is 7.05 Å². The summed E-state index contributed by atoms with van der Waals surface area (Å²) in [6.07, 6.45) is 2.52. The van der Waals surface area contributed by atoms with Crippen LogP contribution >= 0.6 is 0 Å². The summed E-state index contributed by atoms with van der Waals surface area (Å²) in [5, 5.41) is 3.22. The van der Waals surface area contributed by atoms with Gasteiger partial charge in [-0.1, -0.05) is 0 Å². The molecule has 0 bridgehead atoms. The molecule has 1 saturated carbocycles. The predicted molar refractivity (Wildman–Crippen MR) is 54.7 cm³/mol. The lowest BCUT2D eigenvalue weighted by atomic mass is 9.79. The Morgan fingerprint density at radius 1 is 1.29 bits per heavy atom. The summed E-state index contributed by atoms with van der Waals surface area (Å²) in [4.78, 5) is 0. The van der Waals surface area contributed by atoms with Crippen molar-refractivity contribution in [1.29, 1.82) is 0 Å². The molecule has 3 heteroatoms. The first-order valence-corrected chi connectivity index (χ1v) is 5.41. The zero-order chi connectivity index (χ0) is 10.8. The second-order valence-corrected chi connectivity index (χ2v) is 5.14. The van der Waals surface area contributed by atoms with Gasteiger partial charge in [0, 0.05) is 18.4 Å². The Morgan fingerprint density at radius 2 is 1.79 bits per heavy atom. The molecule has 14 heavy (non-hydrogen) atoms. The van der Waals surface area contributed by atoms with Gasteiger partial charge in [-0.2, -0.15) is 0 Å². The summed E-state index contributed by atoms with van der Waals surface area (Å²) >= 11 is 0. The smallest absolute Gasteiger partial charge is 0.248 e. The average Bonchev–Trinajstić information content (AvgIpc) is 2.09. The Morgan fingerprint density at radius 3 is 2.21 bits per heavy atom. The topological polar surface area (TPSA) is 12.0 Å². The summed E-state index contributed by atoms with van der Waals surface area (Å²) in [6.45, 7) is 4.25. The van der Waals surface area contributed by atoms with Crippen LogP contribution in [-0.4, -0.2) is 18.5 Å². The molecule has 0 unspecified atom stereocenters. The monoisotopic (exact) mass is 205 g/mol. The number of alkyl halides is 2. The van der Waals surface area contributed by atoms with E-state index in [0.29, 0.717) is 18.8 Å². The van der Waals surface area contributed by atoms with Crippen molar-refractivity contribution in [2.24, 2.45) is 5.92 Å². The minimum absolute atomic E-state index is 0.0806. The Balaban J connectivity index is 2.36. The predicted octanol–water partition coefficient (Wildman–Crippen LogP) is 3.20. The average molecular weight is 205 g/mol. The highest BCUT2D eigenvalue weighted by Crippen LogP contribution is 2.38. The molecule has 0 aromatic carbocycles. The summed E-state index contributed by atoms with van der Waals surface area (Å²) in [6, 6.07) is 0. The lowest BCUT2D eigenvalue weighted by molar-refractivity contribution is -0.0485. The molecule has 1 rings (SSSR count). The van der Waals surface area contributed by atoms with Gasteiger partial charge in [0.1, 0.15) is 0 Å². The minimum atomic E-state index is -2.39.